The van der Waals surface area contributed by atoms with Crippen LogP contribution in [-0.2, 0) is 0 Å². The van der Waals surface area contributed by atoms with E-state index in [-0.39, 0.29) is 0 Å². The Bertz CT molecular complexity index is 83.9. The molecule has 0 aliphatic heterocycles. The van der Waals surface area contributed by atoms with Crippen molar-refractivity contribution in [3.63, 3.8) is 0 Å². The molecule has 0 aromatic rings. The molecule has 2 heteroatoms. The molecule has 0 bridgehead atoms. The first-order valence-electron chi connectivity index (χ1n) is 5.15. The molecule has 0 saturated heterocycles. The molecule has 0 aliphatic carbocycles. The van der Waals surface area contributed by atoms with Crippen LogP contribution in [0.25, 0.3) is 0 Å². The molecule has 0 radical (unpaired) electrons. The van der Waals surface area contributed by atoms with Crippen molar-refractivity contribution in [1.82, 2.24) is 0 Å². The molecule has 0 aromatic heterocycles. The maximum atomic E-state index is 4.31. The fourth-order valence-electron chi connectivity index (χ4n) is 1.30. The summed E-state index contributed by atoms with van der Waals surface area (Å²) in [7, 11) is 1.75. The Morgan fingerprint density at radius 1 is 1.00 bits per heavy atom. The van der Waals surface area contributed by atoms with E-state index in [4.69, 9.17) is 0 Å². The zero-order valence-electron chi connectivity index (χ0n) is 8.38. The van der Waals surface area contributed by atoms with Crippen LogP contribution < -0.4 is 0 Å². The first-order chi connectivity index (χ1) is 5.85. The summed E-state index contributed by atoms with van der Waals surface area (Å²) in [5.41, 5.74) is 0. The van der Waals surface area contributed by atoms with Gasteiger partial charge in [0, 0.05) is 5.25 Å². The van der Waals surface area contributed by atoms with Gasteiger partial charge in [0.1, 0.15) is 0 Å². The summed E-state index contributed by atoms with van der Waals surface area (Å²) >= 11 is 4.31. The summed E-state index contributed by atoms with van der Waals surface area (Å²) in [5, 5.41) is 0.805. The van der Waals surface area contributed by atoms with Crippen LogP contribution in [0.15, 0.2) is 0 Å². The van der Waals surface area contributed by atoms with Crippen LogP contribution in [0.1, 0.15) is 58.8 Å². The van der Waals surface area contributed by atoms with E-state index < -0.39 is 0 Å². The average Bonchev–Trinajstić information content (AvgIpc) is 2.11. The Balaban J connectivity index is 3.26. The number of hydrogen-bond acceptors (Lipinski definition) is 2. The maximum absolute atomic E-state index is 4.31. The van der Waals surface area contributed by atoms with Crippen molar-refractivity contribution in [2.24, 2.45) is 0 Å². The highest BCUT2D eigenvalue weighted by molar-refractivity contribution is 8.68. The molecule has 0 spiro atoms. The fourth-order valence-corrected chi connectivity index (χ4v) is 2.48. The third-order valence-corrected chi connectivity index (χ3v) is 3.82. The van der Waals surface area contributed by atoms with Gasteiger partial charge in [0.05, 0.1) is 0 Å². The summed E-state index contributed by atoms with van der Waals surface area (Å²) in [4.78, 5) is 0. The molecular weight excluding hydrogens is 184 g/mol. The molecule has 0 amide bonds. The molecule has 0 fully saturated rings. The largest absolute Gasteiger partial charge is 0.111 e. The van der Waals surface area contributed by atoms with Crippen molar-refractivity contribution in [1.29, 1.82) is 0 Å². The molecule has 1 atom stereocenters. The van der Waals surface area contributed by atoms with Gasteiger partial charge in [-0.05, 0) is 12.8 Å². The van der Waals surface area contributed by atoms with Gasteiger partial charge >= 0.3 is 0 Å². The van der Waals surface area contributed by atoms with E-state index in [9.17, 15) is 0 Å². The van der Waals surface area contributed by atoms with Gasteiger partial charge in [-0.2, -0.15) is 0 Å². The van der Waals surface area contributed by atoms with Gasteiger partial charge in [0.15, 0.2) is 0 Å². The second-order valence-electron chi connectivity index (χ2n) is 3.37. The van der Waals surface area contributed by atoms with Crippen molar-refractivity contribution < 1.29 is 0 Å². The summed E-state index contributed by atoms with van der Waals surface area (Å²) in [6.45, 7) is 4.52. The van der Waals surface area contributed by atoms with E-state index in [2.05, 4.69) is 25.5 Å². The lowest BCUT2D eigenvalue weighted by atomic mass is 10.1. The normalized spacial score (nSPS) is 13.2. The SMILES string of the molecule is CCCCCC(CCCC)SS. The van der Waals surface area contributed by atoms with Crippen LogP contribution in [0.4, 0.5) is 0 Å². The first-order valence-corrected chi connectivity index (χ1v) is 7.08. The molecule has 12 heavy (non-hydrogen) atoms. The molecule has 0 nitrogen and oxygen atoms in total. The van der Waals surface area contributed by atoms with E-state index in [0.717, 1.165) is 5.25 Å². The summed E-state index contributed by atoms with van der Waals surface area (Å²) in [6.07, 6.45) is 9.51. The highest BCUT2D eigenvalue weighted by Crippen LogP contribution is 2.25. The van der Waals surface area contributed by atoms with E-state index in [0.29, 0.717) is 0 Å². The van der Waals surface area contributed by atoms with Crippen LogP contribution in [0.3, 0.4) is 0 Å². The topological polar surface area (TPSA) is 0 Å². The van der Waals surface area contributed by atoms with E-state index in [1.54, 1.807) is 10.8 Å². The molecule has 74 valence electrons. The summed E-state index contributed by atoms with van der Waals surface area (Å²) in [6, 6.07) is 0. The number of hydrogen-bond donors (Lipinski definition) is 1. The Hall–Kier alpha value is 0.700. The quantitative estimate of drug-likeness (QED) is 0.341. The van der Waals surface area contributed by atoms with Crippen molar-refractivity contribution in [3.05, 3.63) is 0 Å². The van der Waals surface area contributed by atoms with Crippen molar-refractivity contribution >= 4 is 22.5 Å². The van der Waals surface area contributed by atoms with Crippen LogP contribution in [0.5, 0.6) is 0 Å². The van der Waals surface area contributed by atoms with Gasteiger partial charge < -0.3 is 0 Å². The zero-order valence-corrected chi connectivity index (χ0v) is 10.1. The molecule has 0 rings (SSSR count). The zero-order chi connectivity index (χ0) is 9.23. The Morgan fingerprint density at radius 2 is 1.58 bits per heavy atom. The first kappa shape index (κ1) is 12.7. The summed E-state index contributed by atoms with van der Waals surface area (Å²) in [5.74, 6) is 0. The standard InChI is InChI=1S/C10H22S2/c1-3-5-7-9-10(12-11)8-6-4-2/h10-11H,3-9H2,1-2H3. The lowest BCUT2D eigenvalue weighted by Crippen LogP contribution is -2.00. The van der Waals surface area contributed by atoms with E-state index in [1.807, 2.05) is 0 Å². The Labute approximate surface area is 86.7 Å². The second kappa shape index (κ2) is 9.79. The van der Waals surface area contributed by atoms with Gasteiger partial charge in [-0.25, -0.2) is 0 Å². The van der Waals surface area contributed by atoms with Crippen LogP contribution in [0.2, 0.25) is 0 Å². The minimum atomic E-state index is 0.805. The van der Waals surface area contributed by atoms with Crippen molar-refractivity contribution in [3.8, 4) is 0 Å². The molecule has 0 heterocycles. The van der Waals surface area contributed by atoms with E-state index >= 15 is 0 Å². The Kier molecular flexibility index (Phi) is 10.4. The lowest BCUT2D eigenvalue weighted by Gasteiger charge is -2.11. The molecular formula is C10H22S2. The average molecular weight is 206 g/mol. The van der Waals surface area contributed by atoms with Crippen molar-refractivity contribution in [2.75, 3.05) is 0 Å². The molecule has 0 aliphatic rings. The van der Waals surface area contributed by atoms with Crippen LogP contribution >= 0.6 is 22.5 Å². The number of thiol groups is 1. The van der Waals surface area contributed by atoms with Crippen LogP contribution in [-0.4, -0.2) is 5.25 Å². The van der Waals surface area contributed by atoms with Gasteiger partial charge in [-0.15, -0.1) is 11.7 Å². The predicted octanol–water partition coefficient (Wildman–Crippen LogP) is 4.70. The molecule has 0 N–H and O–H groups in total. The second-order valence-corrected chi connectivity index (χ2v) is 4.88. The third-order valence-electron chi connectivity index (χ3n) is 2.16. The van der Waals surface area contributed by atoms with E-state index in [1.165, 1.54) is 44.9 Å². The minimum absolute atomic E-state index is 0.805. The molecule has 0 aromatic carbocycles. The smallest absolute Gasteiger partial charge is 0.0149 e. The third kappa shape index (κ3) is 7.35. The highest BCUT2D eigenvalue weighted by Gasteiger charge is 2.05. The minimum Gasteiger partial charge on any atom is -0.111 e. The number of rotatable bonds is 8. The number of unbranched alkanes of at least 4 members (excludes halogenated alkanes) is 3. The highest BCUT2D eigenvalue weighted by atomic mass is 33.1. The van der Waals surface area contributed by atoms with Gasteiger partial charge in [-0.3, -0.25) is 0 Å². The van der Waals surface area contributed by atoms with Crippen LogP contribution in [0, 0.1) is 0 Å². The Morgan fingerprint density at radius 3 is 2.08 bits per heavy atom. The molecule has 1 unspecified atom stereocenters. The monoisotopic (exact) mass is 206 g/mol. The lowest BCUT2D eigenvalue weighted by molar-refractivity contribution is 0.599. The van der Waals surface area contributed by atoms with Gasteiger partial charge in [0.2, 0.25) is 0 Å². The van der Waals surface area contributed by atoms with Gasteiger partial charge in [0.25, 0.3) is 0 Å². The summed E-state index contributed by atoms with van der Waals surface area (Å²) < 4.78 is 0. The maximum Gasteiger partial charge on any atom is 0.0149 e. The fraction of sp³-hybridized carbons (Fsp3) is 1.00. The van der Waals surface area contributed by atoms with Gasteiger partial charge in [-0.1, -0.05) is 56.7 Å². The predicted molar refractivity (Wildman–Crippen MR) is 64.0 cm³/mol. The van der Waals surface area contributed by atoms with Crippen molar-refractivity contribution in [2.45, 2.75) is 64.0 Å². The molecule has 0 saturated carbocycles.